The molecule has 2 radical (unpaired) electrons. The van der Waals surface area contributed by atoms with E-state index in [4.69, 9.17) is 0 Å². The van der Waals surface area contributed by atoms with Crippen molar-refractivity contribution in [2.24, 2.45) is 0 Å². The summed E-state index contributed by atoms with van der Waals surface area (Å²) in [4.78, 5) is 9.39. The minimum Gasteiger partial charge on any atom is -0.544 e. The van der Waals surface area contributed by atoms with E-state index in [2.05, 4.69) is 5.32 Å². The highest BCUT2D eigenvalue weighted by Crippen LogP contribution is 1.47. The van der Waals surface area contributed by atoms with E-state index in [9.17, 15) is 9.90 Å². The van der Waals surface area contributed by atoms with Crippen LogP contribution in [0.25, 0.3) is 0 Å². The molecule has 0 aliphatic carbocycles. The molecule has 0 atom stereocenters. The number of rotatable bonds is 2. The Hall–Kier alpha value is -0.570. The minimum absolute atomic E-state index is 0.194. The molecule has 0 saturated carbocycles. The third-order valence-electron chi connectivity index (χ3n) is 0.287. The topological polar surface area (TPSA) is 54.2 Å². The van der Waals surface area contributed by atoms with E-state index in [1.165, 1.54) is 7.05 Å². The number of carboxylic acids is 1. The normalized spacial score (nSPS) is 8.17. The quantitative estimate of drug-likeness (QED) is 0.390. The van der Waals surface area contributed by atoms with E-state index in [1.807, 2.05) is 0 Å². The highest BCUT2D eigenvalue weighted by molar-refractivity contribution is 5.66. The first kappa shape index (κ1) is 5.43. The average molecular weight is 87.1 g/mol. The van der Waals surface area contributed by atoms with Crippen molar-refractivity contribution in [2.75, 3.05) is 13.6 Å². The predicted octanol–water partition coefficient (Wildman–Crippen LogP) is -2.03. The van der Waals surface area contributed by atoms with Crippen LogP contribution in [0.1, 0.15) is 0 Å². The summed E-state index contributed by atoms with van der Waals surface area (Å²) in [6.07, 6.45) is 0. The Morgan fingerprint density at radius 3 is 2.50 bits per heavy atom. The zero-order valence-corrected chi connectivity index (χ0v) is 3.47. The van der Waals surface area contributed by atoms with Crippen molar-refractivity contribution < 1.29 is 9.90 Å². The Kier molecular flexibility index (Phi) is 2.40. The lowest BCUT2D eigenvalue weighted by Gasteiger charge is -1.82. The molecule has 0 N–H and O–H groups in total. The van der Waals surface area contributed by atoms with Gasteiger partial charge in [-0.15, -0.1) is 0 Å². The van der Waals surface area contributed by atoms with Gasteiger partial charge in [0.15, 0.2) is 7.05 Å². The van der Waals surface area contributed by atoms with E-state index in [-0.39, 0.29) is 6.54 Å². The second-order valence-electron chi connectivity index (χ2n) is 0.846. The summed E-state index contributed by atoms with van der Waals surface area (Å²) in [7, 11) is 1.43. The number of nitrogens with zero attached hydrogens (tertiary/aromatic N) is 1. The Balaban J connectivity index is 2.83. The van der Waals surface area contributed by atoms with Crippen LogP contribution in [0.3, 0.4) is 0 Å². The molecule has 3 heteroatoms. The van der Waals surface area contributed by atoms with Crippen LogP contribution in [-0.2, 0) is 4.79 Å². The van der Waals surface area contributed by atoms with E-state index < -0.39 is 5.97 Å². The molecule has 0 aliphatic heterocycles. The third-order valence-corrected chi connectivity index (χ3v) is 0.287. The van der Waals surface area contributed by atoms with Crippen molar-refractivity contribution in [1.82, 2.24) is 5.32 Å². The van der Waals surface area contributed by atoms with Crippen molar-refractivity contribution in [1.29, 1.82) is 0 Å². The molecule has 0 fully saturated rings. The van der Waals surface area contributed by atoms with Crippen LogP contribution in [0.5, 0.6) is 0 Å². The number of carbonyl (C=O) groups excluding carboxylic acids is 1. The van der Waals surface area contributed by atoms with Crippen LogP contribution in [-0.4, -0.2) is 19.6 Å². The molecule has 0 spiro atoms. The number of aliphatic carboxylic acids is 1. The van der Waals surface area contributed by atoms with Crippen molar-refractivity contribution in [3.63, 3.8) is 0 Å². The van der Waals surface area contributed by atoms with Crippen LogP contribution in [0, 0.1) is 0 Å². The molecule has 6 heavy (non-hydrogen) atoms. The second kappa shape index (κ2) is 2.66. The standard InChI is InChI=1S/C3H6NO2/c1-4-2-3(5)6/h2H2,1H3,(H,5,6)/q+1/p-1. The van der Waals surface area contributed by atoms with Gasteiger partial charge in [-0.25, -0.2) is 0 Å². The lowest BCUT2D eigenvalue weighted by atomic mass is 10.7. The van der Waals surface area contributed by atoms with Crippen LogP contribution in [0.4, 0.5) is 0 Å². The van der Waals surface area contributed by atoms with Gasteiger partial charge in [-0.1, -0.05) is 0 Å². The predicted molar refractivity (Wildman–Crippen MR) is 17.9 cm³/mol. The molecular weight excluding hydrogens is 82.0 g/mol. The Labute approximate surface area is 36.0 Å². The SMILES string of the molecule is C[N+]CC(=O)[O-]. The molecule has 0 aromatic heterocycles. The number of carbonyl (C=O) groups is 1. The summed E-state index contributed by atoms with van der Waals surface area (Å²) in [5.74, 6) is -1.13. The van der Waals surface area contributed by atoms with Crippen LogP contribution >= 0.6 is 0 Å². The maximum absolute atomic E-state index is 9.39. The average Bonchev–Trinajstić information content (AvgIpc) is 1.35. The summed E-state index contributed by atoms with van der Waals surface area (Å²) in [6.45, 7) is -0.194. The van der Waals surface area contributed by atoms with Gasteiger partial charge in [0.1, 0.15) is 5.97 Å². The van der Waals surface area contributed by atoms with E-state index in [1.54, 1.807) is 0 Å². The molecule has 0 amide bonds. The number of likely N-dealkylation sites (N-methyl/N-ethyl adjacent to an activating group) is 1. The Bertz CT molecular complexity index is 52.8. The molecule has 3 nitrogen and oxygen atoms in total. The second-order valence-corrected chi connectivity index (χ2v) is 0.846. The fraction of sp³-hybridized carbons (Fsp3) is 0.667. The first-order chi connectivity index (χ1) is 2.77. The summed E-state index contributed by atoms with van der Waals surface area (Å²) in [5, 5.41) is 12.7. The molecule has 0 saturated heterocycles. The van der Waals surface area contributed by atoms with Gasteiger partial charge in [0.25, 0.3) is 0 Å². The number of hydrogen-bond acceptors (Lipinski definition) is 2. The highest BCUT2D eigenvalue weighted by Gasteiger charge is 1.89. The van der Waals surface area contributed by atoms with Crippen molar-refractivity contribution in [2.45, 2.75) is 0 Å². The zero-order chi connectivity index (χ0) is 4.99. The molecular formula is C3H5NO2. The first-order valence-electron chi connectivity index (χ1n) is 1.53. The Morgan fingerprint density at radius 2 is 2.50 bits per heavy atom. The zero-order valence-electron chi connectivity index (χ0n) is 3.47. The molecule has 0 aliphatic rings. The molecule has 0 bridgehead atoms. The lowest BCUT2D eigenvalue weighted by molar-refractivity contribution is -0.304. The van der Waals surface area contributed by atoms with Crippen LogP contribution < -0.4 is 10.4 Å². The van der Waals surface area contributed by atoms with Crippen LogP contribution in [0.15, 0.2) is 0 Å². The molecule has 0 aromatic carbocycles. The molecule has 0 aromatic rings. The summed E-state index contributed by atoms with van der Waals surface area (Å²) < 4.78 is 0. The molecule has 34 valence electrons. The lowest BCUT2D eigenvalue weighted by Crippen LogP contribution is -2.29. The highest BCUT2D eigenvalue weighted by atomic mass is 16.4. The van der Waals surface area contributed by atoms with E-state index in [0.717, 1.165) is 0 Å². The van der Waals surface area contributed by atoms with Crippen LogP contribution in [0.2, 0.25) is 0 Å². The van der Waals surface area contributed by atoms with Crippen molar-refractivity contribution >= 4 is 5.97 Å². The largest absolute Gasteiger partial charge is 0.544 e. The number of hydrogen-bond donors (Lipinski definition) is 0. The monoisotopic (exact) mass is 87.0 g/mol. The molecule has 0 unspecified atom stereocenters. The van der Waals surface area contributed by atoms with Crippen molar-refractivity contribution in [3.8, 4) is 0 Å². The van der Waals surface area contributed by atoms with Gasteiger partial charge in [-0.2, -0.15) is 0 Å². The van der Waals surface area contributed by atoms with Gasteiger partial charge in [-0.3, -0.25) is 0 Å². The van der Waals surface area contributed by atoms with Gasteiger partial charge in [-0.05, 0) is 0 Å². The van der Waals surface area contributed by atoms with E-state index in [0.29, 0.717) is 0 Å². The minimum atomic E-state index is -1.13. The smallest absolute Gasteiger partial charge is 0.222 e. The molecule has 0 rings (SSSR count). The van der Waals surface area contributed by atoms with Crippen molar-refractivity contribution in [3.05, 3.63) is 0 Å². The summed E-state index contributed by atoms with van der Waals surface area (Å²) in [5.41, 5.74) is 0. The fourth-order valence-corrected chi connectivity index (χ4v) is 0.129. The van der Waals surface area contributed by atoms with E-state index >= 15 is 0 Å². The molecule has 0 heterocycles. The maximum atomic E-state index is 9.39. The van der Waals surface area contributed by atoms with Gasteiger partial charge in [0.05, 0.1) is 5.32 Å². The first-order valence-corrected chi connectivity index (χ1v) is 1.53. The maximum Gasteiger partial charge on any atom is 0.222 e. The van der Waals surface area contributed by atoms with Gasteiger partial charge >= 0.3 is 0 Å². The van der Waals surface area contributed by atoms with Gasteiger partial charge < -0.3 is 9.90 Å². The summed E-state index contributed by atoms with van der Waals surface area (Å²) in [6, 6.07) is 0. The van der Waals surface area contributed by atoms with Gasteiger partial charge in [0.2, 0.25) is 6.54 Å². The summed E-state index contributed by atoms with van der Waals surface area (Å²) >= 11 is 0. The third kappa shape index (κ3) is 3.43. The number of carboxylic acid groups (broad SMARTS) is 1. The fourth-order valence-electron chi connectivity index (χ4n) is 0.129. The Morgan fingerprint density at radius 1 is 2.00 bits per heavy atom. The van der Waals surface area contributed by atoms with Gasteiger partial charge in [0, 0.05) is 0 Å².